The lowest BCUT2D eigenvalue weighted by molar-refractivity contribution is -0.137. The van der Waals surface area contributed by atoms with Crippen LogP contribution in [-0.4, -0.2) is 48.3 Å². The second kappa shape index (κ2) is 6.88. The highest BCUT2D eigenvalue weighted by Crippen LogP contribution is 2.48. The van der Waals surface area contributed by atoms with Gasteiger partial charge in [0.1, 0.15) is 5.82 Å². The molecule has 9 heteroatoms. The molecule has 1 saturated carbocycles. The van der Waals surface area contributed by atoms with Crippen LogP contribution in [-0.2, 0) is 16.3 Å². The molecule has 0 aromatic carbocycles. The van der Waals surface area contributed by atoms with Crippen molar-refractivity contribution in [1.82, 2.24) is 15.0 Å². The number of hydrogen-bond acceptors (Lipinski definition) is 6. The van der Waals surface area contributed by atoms with Crippen LogP contribution in [0.25, 0.3) is 11.3 Å². The van der Waals surface area contributed by atoms with Gasteiger partial charge in [0, 0.05) is 37.3 Å². The lowest BCUT2D eigenvalue weighted by Gasteiger charge is -2.28. The first-order valence-corrected chi connectivity index (χ1v) is 9.28. The van der Waals surface area contributed by atoms with Crippen molar-refractivity contribution in [1.29, 1.82) is 0 Å². The molecule has 1 aliphatic heterocycles. The first-order chi connectivity index (χ1) is 13.3. The molecule has 28 heavy (non-hydrogen) atoms. The maximum absolute atomic E-state index is 13.7. The molecule has 0 spiro atoms. The number of halogens is 3. The molecule has 0 radical (unpaired) electrons. The Morgan fingerprint density at radius 3 is 2.46 bits per heavy atom. The van der Waals surface area contributed by atoms with Crippen molar-refractivity contribution in [2.45, 2.75) is 31.4 Å². The fourth-order valence-electron chi connectivity index (χ4n) is 3.26. The van der Waals surface area contributed by atoms with Gasteiger partial charge in [-0.15, -0.1) is 0 Å². The van der Waals surface area contributed by atoms with E-state index >= 15 is 0 Å². The fraction of sp³-hybridized carbons (Fsp3) is 0.526. The van der Waals surface area contributed by atoms with Gasteiger partial charge in [0.2, 0.25) is 5.95 Å². The summed E-state index contributed by atoms with van der Waals surface area (Å²) >= 11 is 0. The average molecular weight is 393 g/mol. The molecule has 3 heterocycles. The Morgan fingerprint density at radius 2 is 1.86 bits per heavy atom. The first kappa shape index (κ1) is 18.9. The van der Waals surface area contributed by atoms with E-state index in [2.05, 4.69) is 27.2 Å². The molecule has 1 N–H and O–H groups in total. The van der Waals surface area contributed by atoms with E-state index in [0.29, 0.717) is 32.3 Å². The van der Waals surface area contributed by atoms with Crippen LogP contribution >= 0.6 is 0 Å². The van der Waals surface area contributed by atoms with Crippen LogP contribution in [0.3, 0.4) is 0 Å². The summed E-state index contributed by atoms with van der Waals surface area (Å²) in [7, 11) is 1.54. The Bertz CT molecular complexity index is 876. The van der Waals surface area contributed by atoms with Crippen LogP contribution in [0.4, 0.5) is 24.9 Å². The minimum Gasteiger partial charge on any atom is -0.378 e. The van der Waals surface area contributed by atoms with Gasteiger partial charge in [0.15, 0.2) is 0 Å². The number of hydrogen-bond donors (Lipinski definition) is 1. The van der Waals surface area contributed by atoms with E-state index in [4.69, 9.17) is 4.74 Å². The van der Waals surface area contributed by atoms with Gasteiger partial charge in [-0.1, -0.05) is 6.92 Å². The third-order valence-electron chi connectivity index (χ3n) is 5.37. The smallest absolute Gasteiger partial charge is 0.378 e. The van der Waals surface area contributed by atoms with Crippen molar-refractivity contribution >= 4 is 11.8 Å². The molecular weight excluding hydrogens is 371 g/mol. The van der Waals surface area contributed by atoms with Crippen LogP contribution in [0.2, 0.25) is 0 Å². The van der Waals surface area contributed by atoms with Gasteiger partial charge < -0.3 is 15.0 Å². The van der Waals surface area contributed by atoms with E-state index in [9.17, 15) is 13.2 Å². The predicted octanol–water partition coefficient (Wildman–Crippen LogP) is 3.49. The molecule has 0 bridgehead atoms. The molecule has 2 aliphatic rings. The van der Waals surface area contributed by atoms with Crippen LogP contribution < -0.4 is 10.2 Å². The summed E-state index contributed by atoms with van der Waals surface area (Å²) in [5, 5.41) is 2.66. The molecule has 6 nitrogen and oxygen atoms in total. The summed E-state index contributed by atoms with van der Waals surface area (Å²) in [6.07, 6.45) is -1.35. The topological polar surface area (TPSA) is 63.2 Å². The zero-order chi connectivity index (χ0) is 19.9. The maximum Gasteiger partial charge on any atom is 0.417 e. The summed E-state index contributed by atoms with van der Waals surface area (Å²) in [5.41, 5.74) is 0.140. The Morgan fingerprint density at radius 1 is 1.14 bits per heavy atom. The number of anilines is 2. The van der Waals surface area contributed by atoms with Gasteiger partial charge >= 0.3 is 6.18 Å². The highest BCUT2D eigenvalue weighted by Gasteiger charge is 2.42. The van der Waals surface area contributed by atoms with Crippen LogP contribution in [0, 0.1) is 0 Å². The second-order valence-electron chi connectivity index (χ2n) is 7.46. The zero-order valence-electron chi connectivity index (χ0n) is 15.8. The number of pyridine rings is 1. The van der Waals surface area contributed by atoms with Crippen molar-refractivity contribution in [3.05, 3.63) is 29.6 Å². The largest absolute Gasteiger partial charge is 0.417 e. The number of nitrogens with one attached hydrogen (secondary N) is 1. The van der Waals surface area contributed by atoms with Gasteiger partial charge in [0.25, 0.3) is 0 Å². The first-order valence-electron chi connectivity index (χ1n) is 9.28. The lowest BCUT2D eigenvalue weighted by atomic mass is 10.0. The lowest BCUT2D eigenvalue weighted by Crippen LogP contribution is -2.37. The number of nitrogens with zero attached hydrogens (tertiary/aromatic N) is 4. The van der Waals surface area contributed by atoms with Crippen molar-refractivity contribution in [3.63, 3.8) is 0 Å². The zero-order valence-corrected chi connectivity index (χ0v) is 15.8. The Balaban J connectivity index is 1.85. The van der Waals surface area contributed by atoms with Crippen LogP contribution in [0.15, 0.2) is 18.3 Å². The summed E-state index contributed by atoms with van der Waals surface area (Å²) in [4.78, 5) is 15.2. The molecule has 0 amide bonds. The van der Waals surface area contributed by atoms with E-state index in [1.165, 1.54) is 13.2 Å². The minimum atomic E-state index is -4.52. The Hall–Kier alpha value is -2.42. The van der Waals surface area contributed by atoms with Crippen molar-refractivity contribution in [3.8, 4) is 11.3 Å². The standard InChI is InChI=1S/C19H22F3N5O/c1-18(3-4-18)15-10-14(25-17(26-15)27-5-7-28-8-6-27)12-11-24-16(23-2)9-13(12)19(20,21)22/h9-11H,3-8H2,1-2H3,(H,23,24). The molecule has 0 atom stereocenters. The molecule has 0 unspecified atom stereocenters. The highest BCUT2D eigenvalue weighted by atomic mass is 19.4. The fourth-order valence-corrected chi connectivity index (χ4v) is 3.26. The third-order valence-corrected chi connectivity index (χ3v) is 5.37. The number of ether oxygens (including phenoxy) is 1. The summed E-state index contributed by atoms with van der Waals surface area (Å²) in [5.74, 6) is 0.614. The summed E-state index contributed by atoms with van der Waals surface area (Å²) < 4.78 is 46.6. The van der Waals surface area contributed by atoms with E-state index < -0.39 is 11.7 Å². The van der Waals surface area contributed by atoms with Gasteiger partial charge in [-0.3, -0.25) is 0 Å². The molecule has 1 aliphatic carbocycles. The molecule has 2 aromatic heterocycles. The highest BCUT2D eigenvalue weighted by molar-refractivity contribution is 5.67. The number of morpholine rings is 1. The third kappa shape index (κ3) is 3.63. The maximum atomic E-state index is 13.7. The molecule has 1 saturated heterocycles. The van der Waals surface area contributed by atoms with E-state index in [-0.39, 0.29) is 22.5 Å². The van der Waals surface area contributed by atoms with Crippen molar-refractivity contribution in [2.24, 2.45) is 0 Å². The molecule has 2 aromatic rings. The van der Waals surface area contributed by atoms with Crippen LogP contribution in [0.5, 0.6) is 0 Å². The van der Waals surface area contributed by atoms with Gasteiger partial charge in [-0.2, -0.15) is 13.2 Å². The number of rotatable bonds is 4. The van der Waals surface area contributed by atoms with E-state index in [0.717, 1.165) is 24.6 Å². The number of aromatic nitrogens is 3. The van der Waals surface area contributed by atoms with Crippen molar-refractivity contribution in [2.75, 3.05) is 43.6 Å². The molecule has 4 rings (SSSR count). The minimum absolute atomic E-state index is 0.0334. The molecule has 2 fully saturated rings. The Labute approximate surface area is 161 Å². The Kier molecular flexibility index (Phi) is 4.65. The average Bonchev–Trinajstić information content (AvgIpc) is 3.46. The summed E-state index contributed by atoms with van der Waals surface area (Å²) in [6, 6.07) is 2.70. The normalized spacial score (nSPS) is 18.8. The van der Waals surface area contributed by atoms with E-state index in [1.54, 1.807) is 6.07 Å². The number of alkyl halides is 3. The van der Waals surface area contributed by atoms with E-state index in [1.807, 2.05) is 4.90 Å². The monoisotopic (exact) mass is 393 g/mol. The summed E-state index contributed by atoms with van der Waals surface area (Å²) in [6.45, 7) is 4.40. The predicted molar refractivity (Wildman–Crippen MR) is 99.4 cm³/mol. The van der Waals surface area contributed by atoms with Crippen LogP contribution in [0.1, 0.15) is 31.0 Å². The quantitative estimate of drug-likeness (QED) is 0.858. The van der Waals surface area contributed by atoms with Gasteiger partial charge in [0.05, 0.1) is 30.2 Å². The van der Waals surface area contributed by atoms with Gasteiger partial charge in [-0.25, -0.2) is 15.0 Å². The molecular formula is C19H22F3N5O. The molecule has 150 valence electrons. The van der Waals surface area contributed by atoms with Gasteiger partial charge in [-0.05, 0) is 25.0 Å². The van der Waals surface area contributed by atoms with Crippen molar-refractivity contribution < 1.29 is 17.9 Å². The SMILES string of the molecule is CNc1cc(C(F)(F)F)c(-c2cc(C3(C)CC3)nc(N3CCOCC3)n2)cn1. The second-order valence-corrected chi connectivity index (χ2v) is 7.46.